The van der Waals surface area contributed by atoms with Gasteiger partial charge in [-0.05, 0) is 17.5 Å². The van der Waals surface area contributed by atoms with Gasteiger partial charge in [-0.1, -0.05) is 6.07 Å². The largest absolute Gasteiger partial charge is 0.473 e. The Labute approximate surface area is 68.6 Å². The molecule has 1 aliphatic rings. The van der Waals surface area contributed by atoms with Gasteiger partial charge >= 0.3 is 0 Å². The van der Waals surface area contributed by atoms with E-state index in [1.807, 2.05) is 23.6 Å². The van der Waals surface area contributed by atoms with Gasteiger partial charge < -0.3 is 4.74 Å². The smallest absolute Gasteiger partial charge is 0.214 e. The molecule has 2 rings (SSSR count). The van der Waals surface area contributed by atoms with Crippen molar-refractivity contribution in [3.05, 3.63) is 28.5 Å². The molecule has 0 aromatic carbocycles. The molecule has 0 spiro atoms. The van der Waals surface area contributed by atoms with Gasteiger partial charge in [-0.25, -0.2) is 0 Å². The van der Waals surface area contributed by atoms with E-state index in [2.05, 4.69) is 0 Å². The van der Waals surface area contributed by atoms with Crippen LogP contribution in [0, 0.1) is 5.41 Å². The summed E-state index contributed by atoms with van der Waals surface area (Å²) in [7, 11) is 0. The maximum atomic E-state index is 7.40. The Balaban J connectivity index is 2.37. The van der Waals surface area contributed by atoms with Crippen molar-refractivity contribution in [1.82, 2.24) is 0 Å². The van der Waals surface area contributed by atoms with Gasteiger partial charge in [-0.2, -0.15) is 0 Å². The van der Waals surface area contributed by atoms with Crippen LogP contribution in [0.4, 0.5) is 0 Å². The van der Waals surface area contributed by atoms with E-state index in [1.54, 1.807) is 11.3 Å². The number of nitrogens with one attached hydrogen (secondary N) is 1. The quantitative estimate of drug-likeness (QED) is 0.679. The molecule has 11 heavy (non-hydrogen) atoms. The molecule has 1 aromatic heterocycles. The van der Waals surface area contributed by atoms with Gasteiger partial charge in [-0.3, -0.25) is 5.41 Å². The van der Waals surface area contributed by atoms with Crippen LogP contribution in [0.1, 0.15) is 4.88 Å². The number of rotatable bonds is 1. The van der Waals surface area contributed by atoms with Crippen molar-refractivity contribution in [3.8, 4) is 0 Å². The summed E-state index contributed by atoms with van der Waals surface area (Å²) in [4.78, 5) is 1.12. The molecular formula is C8H7NOS. The van der Waals surface area contributed by atoms with Crippen LogP contribution in [-0.4, -0.2) is 12.5 Å². The third kappa shape index (κ3) is 1.07. The molecule has 56 valence electrons. The first-order valence-electron chi connectivity index (χ1n) is 3.33. The zero-order valence-corrected chi connectivity index (χ0v) is 6.65. The molecule has 0 bridgehead atoms. The fourth-order valence-corrected chi connectivity index (χ4v) is 1.79. The Hall–Kier alpha value is -1.09. The Bertz CT molecular complexity index is 300. The van der Waals surface area contributed by atoms with Crippen LogP contribution in [0.15, 0.2) is 23.6 Å². The maximum absolute atomic E-state index is 7.40. The molecule has 0 radical (unpaired) electrons. The topological polar surface area (TPSA) is 33.1 Å². The van der Waals surface area contributed by atoms with Gasteiger partial charge in [0.2, 0.25) is 5.90 Å². The van der Waals surface area contributed by atoms with Crippen LogP contribution in [0.3, 0.4) is 0 Å². The van der Waals surface area contributed by atoms with Crippen molar-refractivity contribution < 1.29 is 4.74 Å². The van der Waals surface area contributed by atoms with Crippen LogP contribution < -0.4 is 0 Å². The molecule has 2 nitrogen and oxygen atoms in total. The van der Waals surface area contributed by atoms with Crippen LogP contribution in [0.25, 0.3) is 5.57 Å². The fraction of sp³-hybridized carbons (Fsp3) is 0.125. The van der Waals surface area contributed by atoms with Crippen LogP contribution in [0.2, 0.25) is 0 Å². The van der Waals surface area contributed by atoms with Crippen molar-refractivity contribution >= 4 is 22.8 Å². The Morgan fingerprint density at radius 3 is 3.00 bits per heavy atom. The average molecular weight is 165 g/mol. The van der Waals surface area contributed by atoms with Crippen molar-refractivity contribution in [1.29, 1.82) is 5.41 Å². The lowest BCUT2D eigenvalue weighted by atomic mass is 10.2. The molecule has 1 aliphatic heterocycles. The van der Waals surface area contributed by atoms with Crippen LogP contribution >= 0.6 is 11.3 Å². The summed E-state index contributed by atoms with van der Waals surface area (Å²) >= 11 is 1.63. The monoisotopic (exact) mass is 165 g/mol. The number of hydrogen-bond donors (Lipinski definition) is 1. The summed E-state index contributed by atoms with van der Waals surface area (Å²) in [6.07, 6.45) is 1.94. The molecule has 0 saturated carbocycles. The SMILES string of the molecule is N=C1OCC=C1c1cccs1. The number of ether oxygens (including phenoxy) is 1. The van der Waals surface area contributed by atoms with Crippen molar-refractivity contribution in [3.63, 3.8) is 0 Å². The highest BCUT2D eigenvalue weighted by Gasteiger charge is 2.14. The summed E-state index contributed by atoms with van der Waals surface area (Å²) in [5, 5.41) is 9.40. The first-order chi connectivity index (χ1) is 5.38. The molecule has 0 amide bonds. The fourth-order valence-electron chi connectivity index (χ4n) is 1.02. The van der Waals surface area contributed by atoms with Gasteiger partial charge in [0.25, 0.3) is 0 Å². The molecule has 0 unspecified atom stereocenters. The highest BCUT2D eigenvalue weighted by molar-refractivity contribution is 7.11. The van der Waals surface area contributed by atoms with Gasteiger partial charge in [-0.15, -0.1) is 11.3 Å². The lowest BCUT2D eigenvalue weighted by Crippen LogP contribution is -1.95. The summed E-state index contributed by atoms with van der Waals surface area (Å²) in [5.74, 6) is 0.299. The van der Waals surface area contributed by atoms with Gasteiger partial charge in [0, 0.05) is 4.88 Å². The van der Waals surface area contributed by atoms with Gasteiger partial charge in [0.1, 0.15) is 6.61 Å². The molecular weight excluding hydrogens is 158 g/mol. The first-order valence-corrected chi connectivity index (χ1v) is 4.21. The van der Waals surface area contributed by atoms with E-state index in [4.69, 9.17) is 10.1 Å². The van der Waals surface area contributed by atoms with E-state index in [-0.39, 0.29) is 0 Å². The minimum atomic E-state index is 0.299. The van der Waals surface area contributed by atoms with Gasteiger partial charge in [0.15, 0.2) is 0 Å². The summed E-state index contributed by atoms with van der Waals surface area (Å²) in [5.41, 5.74) is 0.931. The number of hydrogen-bond acceptors (Lipinski definition) is 3. The van der Waals surface area contributed by atoms with E-state index < -0.39 is 0 Å². The third-order valence-corrected chi connectivity index (χ3v) is 2.45. The predicted molar refractivity (Wildman–Crippen MR) is 46.0 cm³/mol. The second-order valence-corrected chi connectivity index (χ2v) is 3.18. The maximum Gasteiger partial charge on any atom is 0.214 e. The summed E-state index contributed by atoms with van der Waals surface area (Å²) < 4.78 is 4.99. The molecule has 0 saturated heterocycles. The van der Waals surface area contributed by atoms with E-state index in [0.717, 1.165) is 10.5 Å². The normalized spacial score (nSPS) is 16.4. The van der Waals surface area contributed by atoms with E-state index >= 15 is 0 Å². The lowest BCUT2D eigenvalue weighted by Gasteiger charge is -1.96. The van der Waals surface area contributed by atoms with Crippen LogP contribution in [-0.2, 0) is 4.74 Å². The van der Waals surface area contributed by atoms with Crippen LogP contribution in [0.5, 0.6) is 0 Å². The highest BCUT2D eigenvalue weighted by Crippen LogP contribution is 2.24. The average Bonchev–Trinajstić information content (AvgIpc) is 2.55. The summed E-state index contributed by atoms with van der Waals surface area (Å²) in [6.45, 7) is 0.548. The van der Waals surface area contributed by atoms with Crippen molar-refractivity contribution in [2.75, 3.05) is 6.61 Å². The first kappa shape index (κ1) is 6.61. The van der Waals surface area contributed by atoms with E-state index in [1.165, 1.54) is 0 Å². The molecule has 2 heterocycles. The standard InChI is InChI=1S/C8H7NOS/c9-8-6(3-4-10-8)7-2-1-5-11-7/h1-3,5,9H,4H2. The molecule has 0 fully saturated rings. The molecule has 3 heteroatoms. The summed E-state index contributed by atoms with van der Waals surface area (Å²) in [6, 6.07) is 3.98. The minimum absolute atomic E-state index is 0.299. The Morgan fingerprint density at radius 2 is 2.45 bits per heavy atom. The number of thiophene rings is 1. The van der Waals surface area contributed by atoms with Crippen molar-refractivity contribution in [2.24, 2.45) is 0 Å². The van der Waals surface area contributed by atoms with E-state index in [0.29, 0.717) is 12.5 Å². The predicted octanol–water partition coefficient (Wildman–Crippen LogP) is 2.14. The molecule has 1 aromatic rings. The Kier molecular flexibility index (Phi) is 1.51. The third-order valence-electron chi connectivity index (χ3n) is 1.55. The lowest BCUT2D eigenvalue weighted by molar-refractivity contribution is 0.364. The van der Waals surface area contributed by atoms with E-state index in [9.17, 15) is 0 Å². The zero-order valence-electron chi connectivity index (χ0n) is 5.83. The van der Waals surface area contributed by atoms with Crippen molar-refractivity contribution in [2.45, 2.75) is 0 Å². The second-order valence-electron chi connectivity index (χ2n) is 2.24. The molecule has 0 atom stereocenters. The van der Waals surface area contributed by atoms with Gasteiger partial charge in [0.05, 0.1) is 5.57 Å². The zero-order chi connectivity index (χ0) is 7.68. The minimum Gasteiger partial charge on any atom is -0.473 e. The molecule has 1 N–H and O–H groups in total. The molecule has 0 aliphatic carbocycles. The highest BCUT2D eigenvalue weighted by atomic mass is 32.1. The second kappa shape index (κ2) is 2.51. The Morgan fingerprint density at radius 1 is 1.55 bits per heavy atom.